The molecule has 0 atom stereocenters. The zero-order valence-corrected chi connectivity index (χ0v) is 23.8. The number of benzene rings is 2. The molecule has 3 amide bonds. The number of hydrogen-bond acceptors (Lipinski definition) is 10. The predicted octanol–water partition coefficient (Wildman–Crippen LogP) is 5.90. The summed E-state index contributed by atoms with van der Waals surface area (Å²) >= 11 is 8.93. The lowest BCUT2D eigenvalue weighted by Crippen LogP contribution is -2.42. The first-order chi connectivity index (χ1) is 18.1. The van der Waals surface area contributed by atoms with Crippen LogP contribution in [0, 0.1) is 17.0 Å². The maximum Gasteiger partial charge on any atom is 0.336 e. The average molecular weight is 624 g/mol. The second-order valence-corrected chi connectivity index (χ2v) is 11.5. The molecular formula is C23H23BrN5O7PS. The number of rotatable bonds is 10. The highest BCUT2D eigenvalue weighted by Crippen LogP contribution is 2.55. The van der Waals surface area contributed by atoms with Gasteiger partial charge in [-0.25, -0.2) is 19.4 Å². The quantitative estimate of drug-likeness (QED) is 0.164. The number of urea groups is 1. The number of nitro benzene ring substituents is 1. The molecule has 1 N–H and O–H groups in total. The summed E-state index contributed by atoms with van der Waals surface area (Å²) in [6.45, 7) is 1.87. The van der Waals surface area contributed by atoms with Crippen molar-refractivity contribution in [2.24, 2.45) is 0 Å². The number of hydrogen-bond donors (Lipinski definition) is 1. The molecule has 0 aliphatic heterocycles. The lowest BCUT2D eigenvalue weighted by Gasteiger charge is -2.33. The van der Waals surface area contributed by atoms with Crippen LogP contribution in [0.25, 0.3) is 0 Å². The van der Waals surface area contributed by atoms with Crippen LogP contribution in [0.5, 0.6) is 11.8 Å². The fourth-order valence-electron chi connectivity index (χ4n) is 3.22. The van der Waals surface area contributed by atoms with Crippen LogP contribution in [0.1, 0.15) is 29.8 Å². The Morgan fingerprint density at radius 2 is 1.76 bits per heavy atom. The number of nitrogens with one attached hydrogen (secondary N) is 1. The van der Waals surface area contributed by atoms with Crippen LogP contribution in [-0.2, 0) is 20.9 Å². The monoisotopic (exact) mass is 623 g/mol. The number of halogens is 1. The van der Waals surface area contributed by atoms with Crippen molar-refractivity contribution in [3.8, 4) is 11.8 Å². The normalized spacial score (nSPS) is 11.1. The van der Waals surface area contributed by atoms with E-state index in [2.05, 4.69) is 31.2 Å². The van der Waals surface area contributed by atoms with Crippen molar-refractivity contribution in [1.82, 2.24) is 15.3 Å². The SMILES string of the molecule is CCOP(=S)(OCC)N(C(=O)NC(=O)c1ccccc1[N+](=O)[O-])c1ccc(Oc2ncc(Br)cn2)c(C)c1. The predicted molar refractivity (Wildman–Crippen MR) is 147 cm³/mol. The number of anilines is 1. The summed E-state index contributed by atoms with van der Waals surface area (Å²) in [5, 5.41) is 13.6. The number of ether oxygens (including phenoxy) is 1. The van der Waals surface area contributed by atoms with Crippen molar-refractivity contribution in [3.05, 3.63) is 80.6 Å². The molecule has 0 spiro atoms. The van der Waals surface area contributed by atoms with Gasteiger partial charge >= 0.3 is 12.0 Å². The maximum absolute atomic E-state index is 13.5. The van der Waals surface area contributed by atoms with Crippen LogP contribution in [0.4, 0.5) is 16.2 Å². The summed E-state index contributed by atoms with van der Waals surface area (Å²) in [4.78, 5) is 45.2. The number of nitrogens with zero attached hydrogens (tertiary/aromatic N) is 4. The second-order valence-electron chi connectivity index (χ2n) is 7.39. The van der Waals surface area contributed by atoms with Gasteiger partial charge in [-0.2, -0.15) is 0 Å². The van der Waals surface area contributed by atoms with E-state index in [0.29, 0.717) is 15.8 Å². The van der Waals surface area contributed by atoms with Gasteiger partial charge in [0.1, 0.15) is 11.3 Å². The first kappa shape index (κ1) is 29.3. The summed E-state index contributed by atoms with van der Waals surface area (Å²) in [7, 11) is 0. The van der Waals surface area contributed by atoms with E-state index in [-0.39, 0.29) is 30.5 Å². The van der Waals surface area contributed by atoms with Gasteiger partial charge in [0.25, 0.3) is 18.2 Å². The van der Waals surface area contributed by atoms with Gasteiger partial charge < -0.3 is 13.8 Å². The molecule has 0 saturated heterocycles. The fourth-order valence-corrected chi connectivity index (χ4v) is 6.20. The van der Waals surface area contributed by atoms with Crippen LogP contribution in [0.15, 0.2) is 59.3 Å². The van der Waals surface area contributed by atoms with E-state index in [4.69, 9.17) is 25.6 Å². The fraction of sp³-hybridized carbons (Fsp3) is 0.217. The molecule has 0 saturated carbocycles. The molecule has 0 radical (unpaired) electrons. The number of para-hydroxylation sites is 1. The van der Waals surface area contributed by atoms with Gasteiger partial charge in [0.05, 0.1) is 28.3 Å². The average Bonchev–Trinajstić information content (AvgIpc) is 2.87. The standard InChI is InChI=1S/C23H23BrN5O7PS/c1-4-34-37(38,35-5-2)28(23(31)27-21(30)18-8-6-7-9-19(18)29(32)33)17-10-11-20(15(3)12-17)36-22-25-13-16(24)14-26-22/h6-14H,4-5H2,1-3H3,(H,27,30,31). The van der Waals surface area contributed by atoms with E-state index < -0.39 is 29.2 Å². The minimum atomic E-state index is -3.50. The third-order valence-electron chi connectivity index (χ3n) is 4.79. The van der Waals surface area contributed by atoms with Crippen molar-refractivity contribution >= 4 is 57.7 Å². The molecule has 38 heavy (non-hydrogen) atoms. The molecule has 0 fully saturated rings. The highest BCUT2D eigenvalue weighted by molar-refractivity contribution is 9.10. The van der Waals surface area contributed by atoms with Gasteiger partial charge in [0.2, 0.25) is 0 Å². The van der Waals surface area contributed by atoms with Crippen LogP contribution in [-0.4, -0.2) is 40.0 Å². The minimum absolute atomic E-state index is 0.113. The molecular weight excluding hydrogens is 601 g/mol. The first-order valence-electron chi connectivity index (χ1n) is 11.1. The Morgan fingerprint density at radius 1 is 1.13 bits per heavy atom. The van der Waals surface area contributed by atoms with Gasteiger partial charge in [0, 0.05) is 18.5 Å². The molecule has 0 aliphatic carbocycles. The van der Waals surface area contributed by atoms with Crippen LogP contribution >= 0.6 is 22.6 Å². The number of nitro groups is 1. The van der Waals surface area contributed by atoms with Crippen LogP contribution in [0.3, 0.4) is 0 Å². The Labute approximate surface area is 231 Å². The molecule has 2 aromatic carbocycles. The molecule has 0 aliphatic rings. The van der Waals surface area contributed by atoms with E-state index in [1.807, 2.05) is 0 Å². The third kappa shape index (κ3) is 6.97. The van der Waals surface area contributed by atoms with Crippen LogP contribution < -0.4 is 14.7 Å². The molecule has 0 bridgehead atoms. The van der Waals surface area contributed by atoms with Crippen molar-refractivity contribution in [2.75, 3.05) is 17.9 Å². The zero-order valence-electron chi connectivity index (χ0n) is 20.5. The van der Waals surface area contributed by atoms with Crippen LogP contribution in [0.2, 0.25) is 0 Å². The van der Waals surface area contributed by atoms with E-state index in [1.165, 1.54) is 42.7 Å². The number of imide groups is 1. The van der Waals surface area contributed by atoms with Gasteiger partial charge in [-0.3, -0.25) is 20.2 Å². The van der Waals surface area contributed by atoms with E-state index >= 15 is 0 Å². The number of carbonyl (C=O) groups excluding carboxylic acids is 2. The van der Waals surface area contributed by atoms with Gasteiger partial charge in [-0.05, 0) is 78.3 Å². The number of aromatic nitrogens is 2. The topological polar surface area (TPSA) is 146 Å². The summed E-state index contributed by atoms with van der Waals surface area (Å²) in [6.07, 6.45) is 3.07. The first-order valence-corrected chi connectivity index (χ1v) is 14.5. The summed E-state index contributed by atoms with van der Waals surface area (Å²) < 4.78 is 18.9. The van der Waals surface area contributed by atoms with E-state index in [9.17, 15) is 19.7 Å². The molecule has 15 heteroatoms. The summed E-state index contributed by atoms with van der Waals surface area (Å²) in [6, 6.07) is 9.14. The highest BCUT2D eigenvalue weighted by atomic mass is 79.9. The Bertz CT molecular complexity index is 1380. The molecule has 3 rings (SSSR count). The smallest absolute Gasteiger partial charge is 0.336 e. The number of aryl methyl sites for hydroxylation is 1. The van der Waals surface area contributed by atoms with Crippen molar-refractivity contribution in [3.63, 3.8) is 0 Å². The van der Waals surface area contributed by atoms with Gasteiger partial charge in [-0.1, -0.05) is 12.1 Å². The van der Waals surface area contributed by atoms with Gasteiger partial charge in [0.15, 0.2) is 0 Å². The highest BCUT2D eigenvalue weighted by Gasteiger charge is 2.36. The lowest BCUT2D eigenvalue weighted by molar-refractivity contribution is -0.385. The summed E-state index contributed by atoms with van der Waals surface area (Å²) in [5.74, 6) is -0.570. The molecule has 1 aromatic heterocycles. The molecule has 1 heterocycles. The Balaban J connectivity index is 1.99. The molecule has 0 unspecified atom stereocenters. The summed E-state index contributed by atoms with van der Waals surface area (Å²) in [5.41, 5.74) is 0.100. The van der Waals surface area contributed by atoms with Crippen molar-refractivity contribution < 1.29 is 28.3 Å². The molecule has 200 valence electrons. The number of carbonyl (C=O) groups is 2. The Morgan fingerprint density at radius 3 is 2.34 bits per heavy atom. The third-order valence-corrected chi connectivity index (χ3v) is 8.39. The largest absolute Gasteiger partial charge is 0.424 e. The van der Waals surface area contributed by atoms with Crippen molar-refractivity contribution in [2.45, 2.75) is 20.8 Å². The molecule has 3 aromatic rings. The van der Waals surface area contributed by atoms with Crippen molar-refractivity contribution in [1.29, 1.82) is 0 Å². The van der Waals surface area contributed by atoms with Gasteiger partial charge in [-0.15, -0.1) is 0 Å². The Kier molecular flexibility index (Phi) is 10.00. The second kappa shape index (κ2) is 13.0. The van der Waals surface area contributed by atoms with E-state index in [1.54, 1.807) is 32.9 Å². The Hall–Kier alpha value is -3.29. The number of amides is 3. The lowest BCUT2D eigenvalue weighted by atomic mass is 10.1. The minimum Gasteiger partial charge on any atom is -0.424 e. The molecule has 12 nitrogen and oxygen atoms in total. The zero-order chi connectivity index (χ0) is 27.9. The van der Waals surface area contributed by atoms with E-state index in [0.717, 1.165) is 4.67 Å². The maximum atomic E-state index is 13.5.